The Bertz CT molecular complexity index is 1320. The maximum Gasteiger partial charge on any atom is 0.289 e. The van der Waals surface area contributed by atoms with Gasteiger partial charge in [0.25, 0.3) is 5.91 Å². The monoisotopic (exact) mass is 533 g/mol. The average molecular weight is 534 g/mol. The zero-order valence-electron chi connectivity index (χ0n) is 20.5. The van der Waals surface area contributed by atoms with Crippen molar-refractivity contribution in [2.45, 2.75) is 19.6 Å². The minimum atomic E-state index is -0.0655. The van der Waals surface area contributed by atoms with Gasteiger partial charge in [-0.05, 0) is 53.6 Å². The minimum absolute atomic E-state index is 0.0655. The first-order valence-corrected chi connectivity index (χ1v) is 13.2. The van der Waals surface area contributed by atoms with Crippen LogP contribution in [0.5, 0.6) is 0 Å². The van der Waals surface area contributed by atoms with Crippen LogP contribution in [0.1, 0.15) is 27.4 Å². The summed E-state index contributed by atoms with van der Waals surface area (Å²) in [4.78, 5) is 19.6. The highest BCUT2D eigenvalue weighted by Crippen LogP contribution is 2.22. The van der Waals surface area contributed by atoms with Crippen LogP contribution in [0.25, 0.3) is 0 Å². The van der Waals surface area contributed by atoms with E-state index >= 15 is 0 Å². The molecule has 0 atom stereocenters. The summed E-state index contributed by atoms with van der Waals surface area (Å²) >= 11 is 12.2. The van der Waals surface area contributed by atoms with Crippen molar-refractivity contribution in [1.82, 2.24) is 9.80 Å². The third-order valence-corrected chi connectivity index (χ3v) is 7.05. The van der Waals surface area contributed by atoms with E-state index in [-0.39, 0.29) is 5.91 Å². The van der Waals surface area contributed by atoms with Crippen LogP contribution in [-0.4, -0.2) is 41.9 Å². The van der Waals surface area contributed by atoms with E-state index in [1.807, 2.05) is 77.7 Å². The second kappa shape index (κ2) is 11.9. The van der Waals surface area contributed by atoms with Gasteiger partial charge in [0.15, 0.2) is 5.76 Å². The Morgan fingerprint density at radius 2 is 1.43 bits per heavy atom. The van der Waals surface area contributed by atoms with Gasteiger partial charge in [0, 0.05) is 55.0 Å². The molecular weight excluding hydrogens is 505 g/mol. The van der Waals surface area contributed by atoms with Gasteiger partial charge in [-0.3, -0.25) is 9.69 Å². The van der Waals surface area contributed by atoms with E-state index in [9.17, 15) is 4.79 Å². The lowest BCUT2D eigenvalue weighted by Gasteiger charge is -2.35. The fraction of sp³-hybridized carbons (Fsp3) is 0.233. The van der Waals surface area contributed by atoms with Crippen LogP contribution in [0.3, 0.4) is 0 Å². The van der Waals surface area contributed by atoms with Crippen LogP contribution in [0.4, 0.5) is 5.69 Å². The molecule has 2 heterocycles. The Morgan fingerprint density at radius 1 is 0.730 bits per heavy atom. The molecule has 190 valence electrons. The molecular formula is C30H29Cl2N3O2. The number of benzene rings is 3. The molecule has 0 radical (unpaired) electrons. The maximum atomic E-state index is 13.2. The fourth-order valence-corrected chi connectivity index (χ4v) is 4.96. The summed E-state index contributed by atoms with van der Waals surface area (Å²) < 4.78 is 6.07. The first kappa shape index (κ1) is 25.4. The highest BCUT2D eigenvalue weighted by molar-refractivity contribution is 6.31. The maximum absolute atomic E-state index is 13.2. The smallest absolute Gasteiger partial charge is 0.289 e. The number of anilines is 1. The summed E-state index contributed by atoms with van der Waals surface area (Å²) in [6.07, 6.45) is 0. The van der Waals surface area contributed by atoms with Crippen LogP contribution in [0.15, 0.2) is 95.4 Å². The Labute approximate surface area is 227 Å². The molecule has 5 nitrogen and oxygen atoms in total. The molecule has 0 unspecified atom stereocenters. The van der Waals surface area contributed by atoms with Crippen molar-refractivity contribution < 1.29 is 9.21 Å². The van der Waals surface area contributed by atoms with Crippen molar-refractivity contribution in [1.29, 1.82) is 0 Å². The molecule has 7 heteroatoms. The van der Waals surface area contributed by atoms with Gasteiger partial charge in [0.05, 0.1) is 6.54 Å². The van der Waals surface area contributed by atoms with E-state index in [0.29, 0.717) is 25.4 Å². The zero-order chi connectivity index (χ0) is 25.6. The third kappa shape index (κ3) is 6.75. The van der Waals surface area contributed by atoms with E-state index in [0.717, 1.165) is 47.7 Å². The van der Waals surface area contributed by atoms with E-state index in [4.69, 9.17) is 27.6 Å². The molecule has 1 aliphatic heterocycles. The quantitative estimate of drug-likeness (QED) is 0.251. The van der Waals surface area contributed by atoms with Gasteiger partial charge in [-0.1, -0.05) is 71.7 Å². The molecule has 0 aliphatic carbocycles. The van der Waals surface area contributed by atoms with Crippen molar-refractivity contribution in [3.63, 3.8) is 0 Å². The first-order valence-electron chi connectivity index (χ1n) is 12.4. The minimum Gasteiger partial charge on any atom is -0.455 e. The number of hydrogen-bond acceptors (Lipinski definition) is 4. The van der Waals surface area contributed by atoms with Crippen LogP contribution in [0.2, 0.25) is 10.0 Å². The second-order valence-electron chi connectivity index (χ2n) is 9.28. The summed E-state index contributed by atoms with van der Waals surface area (Å²) in [6.45, 7) is 4.88. The van der Waals surface area contributed by atoms with E-state index < -0.39 is 0 Å². The Hall–Kier alpha value is -3.25. The van der Waals surface area contributed by atoms with Crippen LogP contribution >= 0.6 is 23.2 Å². The molecule has 37 heavy (non-hydrogen) atoms. The molecule has 1 saturated heterocycles. The van der Waals surface area contributed by atoms with E-state index in [1.165, 1.54) is 11.1 Å². The van der Waals surface area contributed by atoms with Crippen molar-refractivity contribution in [2.24, 2.45) is 0 Å². The largest absolute Gasteiger partial charge is 0.455 e. The molecule has 3 aromatic carbocycles. The number of piperazine rings is 1. The van der Waals surface area contributed by atoms with Crippen LogP contribution in [0, 0.1) is 0 Å². The lowest BCUT2D eigenvalue weighted by molar-refractivity contribution is 0.0710. The van der Waals surface area contributed by atoms with Gasteiger partial charge in [-0.25, -0.2) is 0 Å². The lowest BCUT2D eigenvalue weighted by Crippen LogP contribution is -2.48. The lowest BCUT2D eigenvalue weighted by atomic mass is 10.1. The highest BCUT2D eigenvalue weighted by Gasteiger charge is 2.25. The molecule has 1 aliphatic rings. The SMILES string of the molecule is O=C(c1ccc(CN(Cc2ccccc2)Cc2ccc(Cl)cc2)o1)N1CCN(c2cccc(Cl)c2)CC1. The van der Waals surface area contributed by atoms with Gasteiger partial charge in [0.2, 0.25) is 0 Å². The number of halogens is 2. The number of rotatable bonds is 8. The molecule has 1 aromatic heterocycles. The van der Waals surface area contributed by atoms with Crippen LogP contribution < -0.4 is 4.90 Å². The van der Waals surface area contributed by atoms with Crippen molar-refractivity contribution >= 4 is 34.8 Å². The second-order valence-corrected chi connectivity index (χ2v) is 10.2. The molecule has 1 fully saturated rings. The molecule has 0 N–H and O–H groups in total. The molecule has 0 spiro atoms. The van der Waals surface area contributed by atoms with E-state index in [2.05, 4.69) is 21.9 Å². The summed E-state index contributed by atoms with van der Waals surface area (Å²) in [5.74, 6) is 1.09. The summed E-state index contributed by atoms with van der Waals surface area (Å²) in [7, 11) is 0. The van der Waals surface area contributed by atoms with Gasteiger partial charge in [-0.2, -0.15) is 0 Å². The Kier molecular flexibility index (Phi) is 8.15. The molecule has 0 saturated carbocycles. The molecule has 0 bridgehead atoms. The van der Waals surface area contributed by atoms with Gasteiger partial charge in [0.1, 0.15) is 5.76 Å². The highest BCUT2D eigenvalue weighted by atomic mass is 35.5. The zero-order valence-corrected chi connectivity index (χ0v) is 22.0. The predicted molar refractivity (Wildman–Crippen MR) is 149 cm³/mol. The number of carbonyl (C=O) groups excluding carboxylic acids is 1. The van der Waals surface area contributed by atoms with Gasteiger partial charge >= 0.3 is 0 Å². The number of amides is 1. The van der Waals surface area contributed by atoms with Crippen molar-refractivity contribution in [3.8, 4) is 0 Å². The Morgan fingerprint density at radius 3 is 2.14 bits per heavy atom. The van der Waals surface area contributed by atoms with Crippen molar-refractivity contribution in [3.05, 3.63) is 124 Å². The summed E-state index contributed by atoms with van der Waals surface area (Å²) in [6, 6.07) is 29.8. The summed E-state index contributed by atoms with van der Waals surface area (Å²) in [5.41, 5.74) is 3.47. The molecule has 5 rings (SSSR count). The average Bonchev–Trinajstić information content (AvgIpc) is 3.39. The molecule has 1 amide bonds. The number of furan rings is 1. The molecule has 4 aromatic rings. The fourth-order valence-electron chi connectivity index (χ4n) is 4.65. The van der Waals surface area contributed by atoms with Gasteiger partial charge in [-0.15, -0.1) is 0 Å². The van der Waals surface area contributed by atoms with Crippen molar-refractivity contribution in [2.75, 3.05) is 31.1 Å². The Balaban J connectivity index is 1.23. The number of carbonyl (C=O) groups is 1. The number of nitrogens with zero attached hydrogens (tertiary/aromatic N) is 3. The van der Waals surface area contributed by atoms with Gasteiger partial charge < -0.3 is 14.2 Å². The predicted octanol–water partition coefficient (Wildman–Crippen LogP) is 6.75. The first-order chi connectivity index (χ1) is 18.0. The standard InChI is InChI=1S/C30H29Cl2N3O2/c31-25-11-9-24(10-12-25)21-33(20-23-5-2-1-3-6-23)22-28-13-14-29(37-28)30(36)35-17-15-34(16-18-35)27-8-4-7-26(32)19-27/h1-14,19H,15-18,20-22H2. The number of hydrogen-bond donors (Lipinski definition) is 0. The summed E-state index contributed by atoms with van der Waals surface area (Å²) in [5, 5.41) is 1.44. The topological polar surface area (TPSA) is 39.9 Å². The van der Waals surface area contributed by atoms with E-state index in [1.54, 1.807) is 6.07 Å². The van der Waals surface area contributed by atoms with Crippen LogP contribution in [-0.2, 0) is 19.6 Å². The third-order valence-electron chi connectivity index (χ3n) is 6.56. The normalized spacial score (nSPS) is 13.8.